The zero-order chi connectivity index (χ0) is 32.6. The number of nitrogens with zero attached hydrogens (tertiary/aromatic N) is 5. The van der Waals surface area contributed by atoms with E-state index in [9.17, 15) is 0 Å². The molecule has 9 rings (SSSR count). The van der Waals surface area contributed by atoms with Crippen LogP contribution >= 0.6 is 0 Å². The van der Waals surface area contributed by atoms with Crippen molar-refractivity contribution in [2.45, 2.75) is 0 Å². The first-order chi connectivity index (χ1) is 24.3. The summed E-state index contributed by atoms with van der Waals surface area (Å²) in [4.78, 5) is 19.2. The molecule has 0 amide bonds. The van der Waals surface area contributed by atoms with E-state index < -0.39 is 0 Å². The second kappa shape index (κ2) is 12.1. The molecule has 0 aliphatic rings. The molecule has 230 valence electrons. The van der Waals surface area contributed by atoms with Gasteiger partial charge in [0.25, 0.3) is 0 Å². The lowest BCUT2D eigenvalue weighted by Gasteiger charge is -2.10. The van der Waals surface area contributed by atoms with Gasteiger partial charge < -0.3 is 4.57 Å². The Kier molecular flexibility index (Phi) is 7.06. The minimum atomic E-state index is 0.624. The maximum Gasteiger partial charge on any atom is 0.164 e. The van der Waals surface area contributed by atoms with Crippen LogP contribution in [0.1, 0.15) is 0 Å². The van der Waals surface area contributed by atoms with Gasteiger partial charge in [0.05, 0.1) is 11.0 Å². The first kappa shape index (κ1) is 28.5. The van der Waals surface area contributed by atoms with Gasteiger partial charge in [-0.25, -0.2) is 15.0 Å². The van der Waals surface area contributed by atoms with Gasteiger partial charge in [-0.05, 0) is 59.2 Å². The number of hydrogen-bond acceptors (Lipinski definition) is 4. The molecule has 9 aromatic rings. The van der Waals surface area contributed by atoms with Crippen LogP contribution in [0.3, 0.4) is 0 Å². The minimum Gasteiger partial charge on any atom is -0.309 e. The van der Waals surface area contributed by atoms with E-state index in [4.69, 9.17) is 15.0 Å². The summed E-state index contributed by atoms with van der Waals surface area (Å²) in [7, 11) is 0. The molecule has 0 atom stereocenters. The molecule has 0 unspecified atom stereocenters. The highest BCUT2D eigenvalue weighted by atomic mass is 15.0. The number of pyridine rings is 1. The normalized spacial score (nSPS) is 11.3. The molecule has 3 aromatic heterocycles. The second-order valence-corrected chi connectivity index (χ2v) is 12.0. The highest BCUT2D eigenvalue weighted by Gasteiger charge is 2.15. The van der Waals surface area contributed by atoms with Crippen LogP contribution in [0.15, 0.2) is 176 Å². The van der Waals surface area contributed by atoms with Crippen LogP contribution in [0.2, 0.25) is 0 Å². The zero-order valence-electron chi connectivity index (χ0n) is 26.5. The summed E-state index contributed by atoms with van der Waals surface area (Å²) >= 11 is 0. The monoisotopic (exact) mass is 627 g/mol. The van der Waals surface area contributed by atoms with E-state index in [1.807, 2.05) is 54.7 Å². The van der Waals surface area contributed by atoms with Crippen molar-refractivity contribution in [3.8, 4) is 62.1 Å². The van der Waals surface area contributed by atoms with Crippen LogP contribution in [0.4, 0.5) is 0 Å². The summed E-state index contributed by atoms with van der Waals surface area (Å²) in [5.41, 5.74) is 10.7. The summed E-state index contributed by atoms with van der Waals surface area (Å²) < 4.78 is 2.34. The van der Waals surface area contributed by atoms with Crippen LogP contribution in [0, 0.1) is 0 Å². The van der Waals surface area contributed by atoms with Gasteiger partial charge in [-0.1, -0.05) is 121 Å². The van der Waals surface area contributed by atoms with Crippen molar-refractivity contribution in [3.63, 3.8) is 0 Å². The topological polar surface area (TPSA) is 56.5 Å². The highest BCUT2D eigenvalue weighted by Crippen LogP contribution is 2.35. The Bertz CT molecular complexity index is 2580. The Balaban J connectivity index is 1.12. The molecule has 0 N–H and O–H groups in total. The van der Waals surface area contributed by atoms with Crippen LogP contribution in [0.5, 0.6) is 0 Å². The van der Waals surface area contributed by atoms with E-state index in [0.29, 0.717) is 17.5 Å². The Hall–Kier alpha value is -6.72. The SMILES string of the molecule is c1ccc(-c2nc(-c3ccc(-c4ccc5c(c4)c4ccccc4n5-c4ccccc4)cc3)nc(-c3cccc(-c4cccnc4)c3)n2)cc1. The van der Waals surface area contributed by atoms with Gasteiger partial charge in [0.1, 0.15) is 0 Å². The fourth-order valence-electron chi connectivity index (χ4n) is 6.54. The Morgan fingerprint density at radius 1 is 0.347 bits per heavy atom. The van der Waals surface area contributed by atoms with E-state index in [2.05, 4.69) is 125 Å². The molecule has 3 heterocycles. The van der Waals surface area contributed by atoms with Crippen LogP contribution in [-0.4, -0.2) is 24.5 Å². The molecule has 0 aliphatic carbocycles. The van der Waals surface area contributed by atoms with E-state index in [1.165, 1.54) is 21.8 Å². The highest BCUT2D eigenvalue weighted by molar-refractivity contribution is 6.10. The lowest BCUT2D eigenvalue weighted by atomic mass is 10.0. The average Bonchev–Trinajstić information content (AvgIpc) is 3.52. The molecule has 0 spiro atoms. The zero-order valence-corrected chi connectivity index (χ0v) is 26.5. The van der Waals surface area contributed by atoms with Gasteiger partial charge in [-0.15, -0.1) is 0 Å². The molecular weight excluding hydrogens is 599 g/mol. The number of aromatic nitrogens is 5. The van der Waals surface area contributed by atoms with Crippen LogP contribution in [0.25, 0.3) is 83.9 Å². The Morgan fingerprint density at radius 3 is 1.65 bits per heavy atom. The largest absolute Gasteiger partial charge is 0.309 e. The smallest absolute Gasteiger partial charge is 0.164 e. The predicted molar refractivity (Wildman–Crippen MR) is 199 cm³/mol. The van der Waals surface area contributed by atoms with Crippen molar-refractivity contribution in [3.05, 3.63) is 176 Å². The third-order valence-electron chi connectivity index (χ3n) is 8.95. The molecule has 0 fully saturated rings. The standard InChI is InChI=1S/C44H29N5/c1-3-11-31(12-4-1)42-46-43(48-44(47-42)35-14-9-13-33(27-35)36-15-10-26-45-29-36)32-22-20-30(21-23-32)34-24-25-41-39(28-34)38-18-7-8-19-40(38)49(41)37-16-5-2-6-17-37/h1-29H. The molecule has 49 heavy (non-hydrogen) atoms. The number of para-hydroxylation sites is 2. The number of fused-ring (bicyclic) bond motifs is 3. The Labute approximate surface area is 283 Å². The second-order valence-electron chi connectivity index (χ2n) is 12.0. The van der Waals surface area contributed by atoms with Crippen LogP contribution in [-0.2, 0) is 0 Å². The summed E-state index contributed by atoms with van der Waals surface area (Å²) in [5.74, 6) is 1.89. The van der Waals surface area contributed by atoms with Crippen molar-refractivity contribution in [1.82, 2.24) is 24.5 Å². The minimum absolute atomic E-state index is 0.624. The van der Waals surface area contributed by atoms with E-state index in [-0.39, 0.29) is 0 Å². The fourth-order valence-corrected chi connectivity index (χ4v) is 6.54. The maximum absolute atomic E-state index is 5.00. The fraction of sp³-hybridized carbons (Fsp3) is 0. The lowest BCUT2D eigenvalue weighted by Crippen LogP contribution is -2.00. The third-order valence-corrected chi connectivity index (χ3v) is 8.95. The van der Waals surface area contributed by atoms with Gasteiger partial charge in [0, 0.05) is 51.1 Å². The van der Waals surface area contributed by atoms with Crippen molar-refractivity contribution in [2.24, 2.45) is 0 Å². The number of hydrogen-bond donors (Lipinski definition) is 0. The van der Waals surface area contributed by atoms with E-state index >= 15 is 0 Å². The maximum atomic E-state index is 5.00. The Morgan fingerprint density at radius 2 is 0.898 bits per heavy atom. The van der Waals surface area contributed by atoms with Gasteiger partial charge in [-0.2, -0.15) is 0 Å². The summed E-state index contributed by atoms with van der Waals surface area (Å²) in [6.07, 6.45) is 3.65. The summed E-state index contributed by atoms with van der Waals surface area (Å²) in [6.45, 7) is 0. The first-order valence-electron chi connectivity index (χ1n) is 16.3. The lowest BCUT2D eigenvalue weighted by molar-refractivity contribution is 1.07. The quantitative estimate of drug-likeness (QED) is 0.184. The van der Waals surface area contributed by atoms with Crippen molar-refractivity contribution < 1.29 is 0 Å². The molecule has 0 bridgehead atoms. The van der Waals surface area contributed by atoms with Crippen molar-refractivity contribution in [1.29, 1.82) is 0 Å². The molecule has 0 saturated heterocycles. The van der Waals surface area contributed by atoms with Crippen LogP contribution < -0.4 is 0 Å². The molecule has 0 saturated carbocycles. The van der Waals surface area contributed by atoms with Gasteiger partial charge in [0.2, 0.25) is 0 Å². The molecule has 0 aliphatic heterocycles. The van der Waals surface area contributed by atoms with Crippen molar-refractivity contribution in [2.75, 3.05) is 0 Å². The molecular formula is C44H29N5. The predicted octanol–water partition coefficient (Wildman–Crippen LogP) is 10.7. The molecule has 6 aromatic carbocycles. The van der Waals surface area contributed by atoms with Crippen molar-refractivity contribution >= 4 is 21.8 Å². The molecule has 5 heteroatoms. The molecule has 5 nitrogen and oxygen atoms in total. The van der Waals surface area contributed by atoms with Gasteiger partial charge in [-0.3, -0.25) is 4.98 Å². The first-order valence-corrected chi connectivity index (χ1v) is 16.3. The average molecular weight is 628 g/mol. The third kappa shape index (κ3) is 5.33. The van der Waals surface area contributed by atoms with E-state index in [1.54, 1.807) is 6.20 Å². The van der Waals surface area contributed by atoms with Gasteiger partial charge in [0.15, 0.2) is 17.5 Å². The number of rotatable bonds is 6. The number of benzene rings is 6. The summed E-state index contributed by atoms with van der Waals surface area (Å²) in [5, 5.41) is 2.46. The van der Waals surface area contributed by atoms with E-state index in [0.717, 1.165) is 44.6 Å². The molecule has 0 radical (unpaired) electrons. The summed E-state index contributed by atoms with van der Waals surface area (Å²) in [6, 6.07) is 56.8. The van der Waals surface area contributed by atoms with Gasteiger partial charge >= 0.3 is 0 Å².